The van der Waals surface area contributed by atoms with Gasteiger partial charge in [-0.25, -0.2) is 0 Å². The van der Waals surface area contributed by atoms with Gasteiger partial charge >= 0.3 is 0 Å². The number of hydrogen-bond acceptors (Lipinski definition) is 1. The molecule has 3 aromatic rings. The molecule has 0 aliphatic rings. The topological polar surface area (TPSA) is 29.1 Å². The third kappa shape index (κ3) is 5.99. The van der Waals surface area contributed by atoms with Crippen LogP contribution in [0, 0.1) is 13.8 Å². The molecule has 0 atom stereocenters. The highest BCUT2D eigenvalue weighted by atomic mass is 32.2. The fourth-order valence-electron chi connectivity index (χ4n) is 3.36. The van der Waals surface area contributed by atoms with Gasteiger partial charge in [0.25, 0.3) is 5.91 Å². The number of amides is 1. The molecular weight excluding hydrogens is 386 g/mol. The lowest BCUT2D eigenvalue weighted by atomic mass is 10.2. The summed E-state index contributed by atoms with van der Waals surface area (Å²) < 4.78 is 0. The average molecular weight is 419 g/mol. The Hall–Kier alpha value is -2.52. The number of nitrogens with one attached hydrogen (secondary N) is 1. The van der Waals surface area contributed by atoms with E-state index < -0.39 is 0 Å². The molecule has 0 saturated heterocycles. The number of hydrogen-bond donors (Lipinski definition) is 1. The van der Waals surface area contributed by atoms with Crippen LogP contribution in [-0.2, 0) is 10.9 Å². The summed E-state index contributed by atoms with van der Waals surface area (Å²) in [6.07, 6.45) is 4.65. The highest BCUT2D eigenvalue weighted by Gasteiger charge is 2.28. The van der Waals surface area contributed by atoms with Crippen LogP contribution in [0.15, 0.2) is 87.5 Å². The monoisotopic (exact) mass is 418 g/mol. The van der Waals surface area contributed by atoms with Crippen molar-refractivity contribution in [1.29, 1.82) is 0 Å². The van der Waals surface area contributed by atoms with Crippen molar-refractivity contribution < 1.29 is 4.79 Å². The van der Waals surface area contributed by atoms with Crippen LogP contribution in [0.1, 0.15) is 54.1 Å². The Morgan fingerprint density at radius 2 is 1.17 bits per heavy atom. The molecule has 1 amide bonds. The summed E-state index contributed by atoms with van der Waals surface area (Å²) in [4.78, 5) is 16.3. The van der Waals surface area contributed by atoms with Gasteiger partial charge in [0.15, 0.2) is 14.7 Å². The van der Waals surface area contributed by atoms with Crippen molar-refractivity contribution in [1.82, 2.24) is 5.32 Å². The van der Waals surface area contributed by atoms with Gasteiger partial charge in [0.1, 0.15) is 0 Å². The maximum atomic E-state index is 12.5. The summed E-state index contributed by atoms with van der Waals surface area (Å²) in [5, 5.41) is 3.05. The zero-order valence-electron chi connectivity index (χ0n) is 18.3. The van der Waals surface area contributed by atoms with E-state index in [1.165, 1.54) is 45.1 Å². The molecule has 3 aromatic carbocycles. The van der Waals surface area contributed by atoms with Gasteiger partial charge < -0.3 is 5.32 Å². The van der Waals surface area contributed by atoms with Gasteiger partial charge in [-0.3, -0.25) is 4.79 Å². The second-order valence-corrected chi connectivity index (χ2v) is 9.80. The molecule has 0 heterocycles. The van der Waals surface area contributed by atoms with Gasteiger partial charge in [0.05, 0.1) is 10.9 Å². The lowest BCUT2D eigenvalue weighted by Gasteiger charge is -2.10. The third-order valence-electron chi connectivity index (χ3n) is 5.18. The number of benzene rings is 3. The van der Waals surface area contributed by atoms with Crippen LogP contribution < -0.4 is 5.32 Å². The molecule has 0 bridgehead atoms. The predicted molar refractivity (Wildman–Crippen MR) is 127 cm³/mol. The molecule has 0 aliphatic carbocycles. The van der Waals surface area contributed by atoms with Crippen LogP contribution >= 0.6 is 0 Å². The smallest absolute Gasteiger partial charge is 0.251 e. The molecule has 0 radical (unpaired) electrons. The molecule has 0 unspecified atom stereocenters. The van der Waals surface area contributed by atoms with Crippen molar-refractivity contribution >= 4 is 16.8 Å². The van der Waals surface area contributed by atoms with E-state index in [0.717, 1.165) is 18.5 Å². The first-order valence-electron chi connectivity index (χ1n) is 10.8. The lowest BCUT2D eigenvalue weighted by Crippen LogP contribution is -2.24. The van der Waals surface area contributed by atoms with Crippen molar-refractivity contribution in [3.8, 4) is 0 Å². The molecule has 0 spiro atoms. The van der Waals surface area contributed by atoms with E-state index in [-0.39, 0.29) is 16.8 Å². The van der Waals surface area contributed by atoms with E-state index in [9.17, 15) is 4.79 Å². The van der Waals surface area contributed by atoms with Gasteiger partial charge in [-0.15, -0.1) is 0 Å². The van der Waals surface area contributed by atoms with Crippen LogP contribution in [0.4, 0.5) is 0 Å². The molecule has 0 aliphatic heterocycles. The second-order valence-electron chi connectivity index (χ2n) is 7.77. The molecule has 0 aromatic heterocycles. The van der Waals surface area contributed by atoms with Gasteiger partial charge in [-0.05, 0) is 68.8 Å². The summed E-state index contributed by atoms with van der Waals surface area (Å²) in [6.45, 7) is 7.17. The molecule has 0 fully saturated rings. The van der Waals surface area contributed by atoms with Crippen molar-refractivity contribution in [2.45, 2.75) is 61.1 Å². The van der Waals surface area contributed by atoms with Crippen LogP contribution in [0.5, 0.6) is 0 Å². The van der Waals surface area contributed by atoms with E-state index in [1.54, 1.807) is 0 Å². The summed E-state index contributed by atoms with van der Waals surface area (Å²) in [5.74, 6) is 0.0172. The fourth-order valence-corrected chi connectivity index (χ4v) is 5.40. The molecule has 30 heavy (non-hydrogen) atoms. The number of aryl methyl sites for hydroxylation is 2. The zero-order chi connectivity index (χ0) is 21.3. The fraction of sp³-hybridized carbons (Fsp3) is 0.296. The minimum atomic E-state index is -0.194. The first-order chi connectivity index (χ1) is 14.6. The molecule has 2 nitrogen and oxygen atoms in total. The standard InChI is InChI=1S/C27H31NOS/c1-4-5-6-7-20-28-27(29)23-12-18-26(19-13-23)30(24-14-8-21(2)9-15-24)25-16-10-22(3)11-17-25/h8-19H,4-7,20H2,1-3H3/p+1. The highest BCUT2D eigenvalue weighted by molar-refractivity contribution is 7.97. The summed E-state index contributed by atoms with van der Waals surface area (Å²) in [5.41, 5.74) is 3.25. The van der Waals surface area contributed by atoms with Crippen molar-refractivity contribution in [3.05, 3.63) is 89.5 Å². The third-order valence-corrected chi connectivity index (χ3v) is 7.41. The molecule has 156 valence electrons. The first kappa shape index (κ1) is 22.2. The second kappa shape index (κ2) is 11.0. The minimum absolute atomic E-state index is 0.0172. The van der Waals surface area contributed by atoms with Gasteiger partial charge in [-0.2, -0.15) is 0 Å². The van der Waals surface area contributed by atoms with Gasteiger partial charge in [0, 0.05) is 12.1 Å². The van der Waals surface area contributed by atoms with E-state index in [4.69, 9.17) is 0 Å². The average Bonchev–Trinajstić information content (AvgIpc) is 2.77. The Morgan fingerprint density at radius 3 is 1.63 bits per heavy atom. The number of carbonyl (C=O) groups excluding carboxylic acids is 1. The molecule has 1 N–H and O–H groups in total. The Balaban J connectivity index is 1.79. The minimum Gasteiger partial charge on any atom is -0.352 e. The number of unbranched alkanes of at least 4 members (excludes halogenated alkanes) is 3. The summed E-state index contributed by atoms with van der Waals surface area (Å²) in [6, 6.07) is 25.7. The zero-order valence-corrected chi connectivity index (χ0v) is 19.1. The summed E-state index contributed by atoms with van der Waals surface area (Å²) in [7, 11) is -0.194. The number of rotatable bonds is 9. The van der Waals surface area contributed by atoms with Crippen molar-refractivity contribution in [2.75, 3.05) is 6.54 Å². The normalized spacial score (nSPS) is 10.9. The maximum Gasteiger partial charge on any atom is 0.251 e. The largest absolute Gasteiger partial charge is 0.352 e. The van der Waals surface area contributed by atoms with Crippen LogP contribution in [-0.4, -0.2) is 12.5 Å². The molecular formula is C27H32NOS+. The van der Waals surface area contributed by atoms with E-state index in [0.29, 0.717) is 0 Å². The SMILES string of the molecule is CCCCCCNC(=O)c1ccc([S+](c2ccc(C)cc2)c2ccc(C)cc2)cc1. The predicted octanol–water partition coefficient (Wildman–Crippen LogP) is 6.71. The van der Waals surface area contributed by atoms with E-state index in [1.807, 2.05) is 12.1 Å². The van der Waals surface area contributed by atoms with E-state index in [2.05, 4.69) is 86.8 Å². The Morgan fingerprint density at radius 1 is 0.700 bits per heavy atom. The Bertz CT molecular complexity index is 885. The highest BCUT2D eigenvalue weighted by Crippen LogP contribution is 2.31. The molecule has 3 rings (SSSR count). The van der Waals surface area contributed by atoms with Gasteiger partial charge in [0.2, 0.25) is 0 Å². The van der Waals surface area contributed by atoms with Crippen LogP contribution in [0.25, 0.3) is 0 Å². The number of carbonyl (C=O) groups is 1. The van der Waals surface area contributed by atoms with Crippen molar-refractivity contribution in [3.63, 3.8) is 0 Å². The molecule has 0 saturated carbocycles. The Kier molecular flexibility index (Phi) is 8.15. The quantitative estimate of drug-likeness (QED) is 0.304. The maximum absolute atomic E-state index is 12.5. The first-order valence-corrected chi connectivity index (χ1v) is 12.1. The Labute approximate surface area is 184 Å². The van der Waals surface area contributed by atoms with E-state index >= 15 is 0 Å². The summed E-state index contributed by atoms with van der Waals surface area (Å²) >= 11 is 0. The van der Waals surface area contributed by atoms with Gasteiger partial charge in [-0.1, -0.05) is 61.6 Å². The molecule has 3 heteroatoms. The van der Waals surface area contributed by atoms with Crippen LogP contribution in [0.2, 0.25) is 0 Å². The lowest BCUT2D eigenvalue weighted by molar-refractivity contribution is 0.0953. The van der Waals surface area contributed by atoms with Crippen molar-refractivity contribution in [2.24, 2.45) is 0 Å². The van der Waals surface area contributed by atoms with Crippen LogP contribution in [0.3, 0.4) is 0 Å².